The van der Waals surface area contributed by atoms with Crippen LogP contribution in [0.1, 0.15) is 16.7 Å². The van der Waals surface area contributed by atoms with Crippen molar-refractivity contribution in [2.75, 3.05) is 0 Å². The highest BCUT2D eigenvalue weighted by atomic mass is 19.1. The summed E-state index contributed by atoms with van der Waals surface area (Å²) in [5, 5.41) is 9.03. The number of hydrogen-bond donors (Lipinski definition) is 2. The molecule has 2 aromatic rings. The Morgan fingerprint density at radius 1 is 1.11 bits per heavy atom. The number of aliphatic hydroxyl groups is 1. The zero-order chi connectivity index (χ0) is 13.7. The van der Waals surface area contributed by atoms with Crippen molar-refractivity contribution in [2.45, 2.75) is 19.8 Å². The zero-order valence-corrected chi connectivity index (χ0v) is 10.5. The summed E-state index contributed by atoms with van der Waals surface area (Å²) in [4.78, 5) is 0. The SMILES string of the molecule is NCc1cccc(COc2cccc(CO)c2)c1F. The van der Waals surface area contributed by atoms with E-state index in [1.54, 1.807) is 42.5 Å². The van der Waals surface area contributed by atoms with Gasteiger partial charge < -0.3 is 15.6 Å². The molecule has 3 N–H and O–H groups in total. The topological polar surface area (TPSA) is 55.5 Å². The molecule has 0 aliphatic carbocycles. The average molecular weight is 261 g/mol. The van der Waals surface area contributed by atoms with Crippen LogP contribution in [0.25, 0.3) is 0 Å². The summed E-state index contributed by atoms with van der Waals surface area (Å²) in [5.41, 5.74) is 7.16. The molecule has 3 nitrogen and oxygen atoms in total. The smallest absolute Gasteiger partial charge is 0.134 e. The molecule has 0 amide bonds. The van der Waals surface area contributed by atoms with Crippen LogP contribution in [0.15, 0.2) is 42.5 Å². The fourth-order valence-electron chi connectivity index (χ4n) is 1.80. The lowest BCUT2D eigenvalue weighted by Crippen LogP contribution is -2.05. The van der Waals surface area contributed by atoms with Crippen LogP contribution in [-0.2, 0) is 19.8 Å². The molecule has 0 aliphatic heterocycles. The van der Waals surface area contributed by atoms with Crippen molar-refractivity contribution >= 4 is 0 Å². The molecule has 4 heteroatoms. The van der Waals surface area contributed by atoms with E-state index >= 15 is 0 Å². The molecule has 0 radical (unpaired) electrons. The molecule has 0 atom stereocenters. The Labute approximate surface area is 111 Å². The van der Waals surface area contributed by atoms with Gasteiger partial charge in [0.15, 0.2) is 0 Å². The Balaban J connectivity index is 2.10. The lowest BCUT2D eigenvalue weighted by Gasteiger charge is -2.10. The van der Waals surface area contributed by atoms with E-state index in [1.165, 1.54) is 0 Å². The van der Waals surface area contributed by atoms with E-state index in [9.17, 15) is 4.39 Å². The highest BCUT2D eigenvalue weighted by Gasteiger charge is 2.07. The maximum absolute atomic E-state index is 13.9. The summed E-state index contributed by atoms with van der Waals surface area (Å²) in [5.74, 6) is 0.285. The van der Waals surface area contributed by atoms with E-state index < -0.39 is 0 Å². The summed E-state index contributed by atoms with van der Waals surface area (Å²) >= 11 is 0. The van der Waals surface area contributed by atoms with E-state index in [0.717, 1.165) is 5.56 Å². The first-order valence-electron chi connectivity index (χ1n) is 6.03. The van der Waals surface area contributed by atoms with Crippen LogP contribution in [0, 0.1) is 5.82 Å². The lowest BCUT2D eigenvalue weighted by molar-refractivity contribution is 0.277. The lowest BCUT2D eigenvalue weighted by atomic mass is 10.1. The standard InChI is InChI=1S/C15H16FNO2/c16-15-12(8-17)4-2-5-13(15)10-19-14-6-1-3-11(7-14)9-18/h1-7,18H,8-10,17H2. The maximum Gasteiger partial charge on any atom is 0.134 e. The van der Waals surface area contributed by atoms with Gasteiger partial charge in [0.1, 0.15) is 18.2 Å². The Morgan fingerprint density at radius 2 is 1.84 bits per heavy atom. The van der Waals surface area contributed by atoms with E-state index in [2.05, 4.69) is 0 Å². The van der Waals surface area contributed by atoms with Crippen molar-refractivity contribution in [2.24, 2.45) is 5.73 Å². The molecule has 0 unspecified atom stereocenters. The number of hydrogen-bond acceptors (Lipinski definition) is 3. The summed E-state index contributed by atoms with van der Waals surface area (Å²) < 4.78 is 19.4. The molecule has 0 spiro atoms. The van der Waals surface area contributed by atoms with E-state index in [4.69, 9.17) is 15.6 Å². The highest BCUT2D eigenvalue weighted by molar-refractivity contribution is 5.29. The van der Waals surface area contributed by atoms with Gasteiger partial charge in [0.05, 0.1) is 6.61 Å². The van der Waals surface area contributed by atoms with Crippen LogP contribution in [0.3, 0.4) is 0 Å². The normalized spacial score (nSPS) is 10.5. The first-order valence-corrected chi connectivity index (χ1v) is 6.03. The third kappa shape index (κ3) is 3.30. The predicted octanol–water partition coefficient (Wildman–Crippen LogP) is 2.36. The van der Waals surface area contributed by atoms with Crippen LogP contribution in [-0.4, -0.2) is 5.11 Å². The zero-order valence-electron chi connectivity index (χ0n) is 10.5. The van der Waals surface area contributed by atoms with Crippen molar-refractivity contribution in [3.05, 3.63) is 65.0 Å². The van der Waals surface area contributed by atoms with Gasteiger partial charge in [-0.05, 0) is 17.7 Å². The second-order valence-corrected chi connectivity index (χ2v) is 4.19. The van der Waals surface area contributed by atoms with Gasteiger partial charge in [-0.25, -0.2) is 4.39 Å². The molecule has 0 aromatic heterocycles. The third-order valence-corrected chi connectivity index (χ3v) is 2.85. The Bertz CT molecular complexity index is 558. The molecule has 0 saturated heterocycles. The summed E-state index contributed by atoms with van der Waals surface area (Å²) in [7, 11) is 0. The molecule has 0 fully saturated rings. The third-order valence-electron chi connectivity index (χ3n) is 2.85. The minimum absolute atomic E-state index is 0.0474. The Morgan fingerprint density at radius 3 is 2.58 bits per heavy atom. The van der Waals surface area contributed by atoms with Gasteiger partial charge in [-0.2, -0.15) is 0 Å². The highest BCUT2D eigenvalue weighted by Crippen LogP contribution is 2.18. The molecule has 0 aliphatic rings. The van der Waals surface area contributed by atoms with Gasteiger partial charge in [-0.15, -0.1) is 0 Å². The number of rotatable bonds is 5. The Hall–Kier alpha value is -1.91. The number of halogens is 1. The Kier molecular flexibility index (Phi) is 4.49. The molecule has 0 saturated carbocycles. The molecular weight excluding hydrogens is 245 g/mol. The molecule has 19 heavy (non-hydrogen) atoms. The largest absolute Gasteiger partial charge is 0.489 e. The minimum Gasteiger partial charge on any atom is -0.489 e. The van der Waals surface area contributed by atoms with Crippen LogP contribution >= 0.6 is 0 Å². The fourth-order valence-corrected chi connectivity index (χ4v) is 1.80. The van der Waals surface area contributed by atoms with Crippen LogP contribution in [0.4, 0.5) is 4.39 Å². The van der Waals surface area contributed by atoms with Crippen molar-refractivity contribution in [3.63, 3.8) is 0 Å². The van der Waals surface area contributed by atoms with E-state index in [1.807, 2.05) is 0 Å². The quantitative estimate of drug-likeness (QED) is 0.868. The molecular formula is C15H16FNO2. The minimum atomic E-state index is -0.316. The predicted molar refractivity (Wildman–Crippen MR) is 71.0 cm³/mol. The summed E-state index contributed by atoms with van der Waals surface area (Å²) in [6, 6.07) is 12.2. The first-order chi connectivity index (χ1) is 9.24. The first kappa shape index (κ1) is 13.5. The molecule has 2 aromatic carbocycles. The van der Waals surface area contributed by atoms with Gasteiger partial charge in [0.25, 0.3) is 0 Å². The number of ether oxygens (including phenoxy) is 1. The van der Waals surface area contributed by atoms with Crippen molar-refractivity contribution in [1.29, 1.82) is 0 Å². The molecule has 0 bridgehead atoms. The molecule has 2 rings (SSSR count). The van der Waals surface area contributed by atoms with Crippen molar-refractivity contribution < 1.29 is 14.2 Å². The van der Waals surface area contributed by atoms with Crippen molar-refractivity contribution in [3.8, 4) is 5.75 Å². The van der Waals surface area contributed by atoms with Gasteiger partial charge in [-0.3, -0.25) is 0 Å². The molecule has 0 heterocycles. The van der Waals surface area contributed by atoms with Crippen molar-refractivity contribution in [1.82, 2.24) is 0 Å². The van der Waals surface area contributed by atoms with E-state index in [0.29, 0.717) is 16.9 Å². The monoisotopic (exact) mass is 261 g/mol. The second kappa shape index (κ2) is 6.31. The maximum atomic E-state index is 13.9. The second-order valence-electron chi connectivity index (χ2n) is 4.19. The average Bonchev–Trinajstić information content (AvgIpc) is 2.46. The van der Waals surface area contributed by atoms with Crippen LogP contribution in [0.5, 0.6) is 5.75 Å². The summed E-state index contributed by atoms with van der Waals surface area (Å²) in [6.45, 7) is 0.252. The number of nitrogens with two attached hydrogens (primary N) is 1. The number of benzene rings is 2. The molecule has 100 valence electrons. The van der Waals surface area contributed by atoms with Crippen LogP contribution < -0.4 is 10.5 Å². The summed E-state index contributed by atoms with van der Waals surface area (Å²) in [6.07, 6.45) is 0. The van der Waals surface area contributed by atoms with Gasteiger partial charge >= 0.3 is 0 Å². The van der Waals surface area contributed by atoms with E-state index in [-0.39, 0.29) is 25.6 Å². The van der Waals surface area contributed by atoms with Crippen LogP contribution in [0.2, 0.25) is 0 Å². The fraction of sp³-hybridized carbons (Fsp3) is 0.200. The number of aliphatic hydroxyl groups excluding tert-OH is 1. The van der Waals surface area contributed by atoms with Gasteiger partial charge in [0.2, 0.25) is 0 Å². The van der Waals surface area contributed by atoms with Gasteiger partial charge in [0, 0.05) is 17.7 Å². The van der Waals surface area contributed by atoms with Gasteiger partial charge in [-0.1, -0.05) is 30.3 Å².